The largest absolute Gasteiger partial charge is 0.411 e. The van der Waals surface area contributed by atoms with Crippen LogP contribution in [0, 0.1) is 0 Å². The minimum atomic E-state index is 0.755. The first-order valence-electron chi connectivity index (χ1n) is 2.12. The lowest BCUT2D eigenvalue weighted by Crippen LogP contribution is -1.91. The molecule has 1 heterocycles. The Morgan fingerprint density at radius 1 is 1.88 bits per heavy atom. The van der Waals surface area contributed by atoms with Gasteiger partial charge in [0.05, 0.1) is 6.20 Å². The highest BCUT2D eigenvalue weighted by Crippen LogP contribution is 2.10. The normalized spacial score (nSPS) is 9.62. The number of rotatable bonds is 1. The Morgan fingerprint density at radius 2 is 2.62 bits per heavy atom. The van der Waals surface area contributed by atoms with Crippen molar-refractivity contribution in [2.75, 3.05) is 6.26 Å². The van der Waals surface area contributed by atoms with E-state index in [1.54, 1.807) is 12.3 Å². The van der Waals surface area contributed by atoms with Gasteiger partial charge in [0, 0.05) is 0 Å². The summed E-state index contributed by atoms with van der Waals surface area (Å²) >= 11 is 1.45. The Bertz CT molecular complexity index is 174. The lowest BCUT2D eigenvalue weighted by atomic mass is 10.8. The molecule has 0 aliphatic heterocycles. The van der Waals surface area contributed by atoms with Crippen LogP contribution in [-0.2, 0) is 0 Å². The van der Waals surface area contributed by atoms with Gasteiger partial charge in [-0.25, -0.2) is 0 Å². The van der Waals surface area contributed by atoms with Gasteiger partial charge < -0.3 is 5.21 Å². The molecule has 0 aromatic carbocycles. The summed E-state index contributed by atoms with van der Waals surface area (Å²) < 4.78 is 0. The quantitative estimate of drug-likeness (QED) is 0.452. The molecule has 1 aromatic heterocycles. The van der Waals surface area contributed by atoms with Crippen LogP contribution in [0.5, 0.6) is 0 Å². The summed E-state index contributed by atoms with van der Waals surface area (Å²) in [5.41, 5.74) is 0. The molecule has 0 saturated heterocycles. The zero-order chi connectivity index (χ0) is 5.98. The average Bonchev–Trinajstić information content (AvgIpc) is 2.14. The summed E-state index contributed by atoms with van der Waals surface area (Å²) in [5, 5.41) is 13.0. The fourth-order valence-electron chi connectivity index (χ4n) is 0.434. The van der Waals surface area contributed by atoms with Crippen LogP contribution in [0.15, 0.2) is 17.3 Å². The maximum Gasteiger partial charge on any atom is 0.135 e. The molecule has 1 rings (SSSR count). The monoisotopic (exact) mass is 130 g/mol. The zero-order valence-electron chi connectivity index (χ0n) is 4.40. The topological polar surface area (TPSA) is 38.0 Å². The van der Waals surface area contributed by atoms with Crippen molar-refractivity contribution in [1.82, 2.24) is 9.94 Å². The third-order valence-corrected chi connectivity index (χ3v) is 1.52. The Labute approximate surface area is 51.3 Å². The molecule has 4 heteroatoms. The van der Waals surface area contributed by atoms with Gasteiger partial charge in [-0.15, -0.1) is 16.9 Å². The van der Waals surface area contributed by atoms with Gasteiger partial charge in [-0.3, -0.25) is 0 Å². The Hall–Kier alpha value is -0.640. The fraction of sp³-hybridized carbons (Fsp3) is 0.250. The molecule has 44 valence electrons. The molecule has 1 aromatic rings. The van der Waals surface area contributed by atoms with Crippen LogP contribution in [-0.4, -0.2) is 21.4 Å². The second-order valence-electron chi connectivity index (χ2n) is 1.26. The molecule has 0 spiro atoms. The summed E-state index contributed by atoms with van der Waals surface area (Å²) in [5.74, 6) is 0. The number of hydrogen-bond acceptors (Lipinski definition) is 3. The Kier molecular flexibility index (Phi) is 1.43. The zero-order valence-corrected chi connectivity index (χ0v) is 5.22. The predicted molar refractivity (Wildman–Crippen MR) is 31.2 cm³/mol. The molecular weight excluding hydrogens is 124 g/mol. The first-order chi connectivity index (χ1) is 3.84. The minimum Gasteiger partial charge on any atom is -0.411 e. The number of aromatic nitrogens is 2. The van der Waals surface area contributed by atoms with Crippen LogP contribution in [0.25, 0.3) is 0 Å². The average molecular weight is 130 g/mol. The van der Waals surface area contributed by atoms with Gasteiger partial charge in [0.1, 0.15) is 5.03 Å². The van der Waals surface area contributed by atoms with Crippen LogP contribution in [0.1, 0.15) is 0 Å². The number of nitrogens with zero attached hydrogens (tertiary/aromatic N) is 2. The summed E-state index contributed by atoms with van der Waals surface area (Å²) in [4.78, 5) is 0.852. The number of hydrogen-bond donors (Lipinski definition) is 1. The number of thioether (sulfide) groups is 1. The lowest BCUT2D eigenvalue weighted by molar-refractivity contribution is 0.126. The van der Waals surface area contributed by atoms with Crippen molar-refractivity contribution in [2.45, 2.75) is 5.03 Å². The van der Waals surface area contributed by atoms with Crippen LogP contribution < -0.4 is 0 Å². The van der Waals surface area contributed by atoms with Crippen molar-refractivity contribution in [1.29, 1.82) is 0 Å². The van der Waals surface area contributed by atoms with Gasteiger partial charge in [-0.05, 0) is 12.3 Å². The van der Waals surface area contributed by atoms with Crippen LogP contribution in [0.2, 0.25) is 0 Å². The van der Waals surface area contributed by atoms with E-state index < -0.39 is 0 Å². The van der Waals surface area contributed by atoms with E-state index >= 15 is 0 Å². The molecule has 3 nitrogen and oxygen atoms in total. The van der Waals surface area contributed by atoms with Gasteiger partial charge >= 0.3 is 0 Å². The van der Waals surface area contributed by atoms with E-state index in [2.05, 4.69) is 5.10 Å². The van der Waals surface area contributed by atoms with Gasteiger partial charge in [-0.1, -0.05) is 4.85 Å². The molecule has 0 radical (unpaired) electrons. The molecule has 0 aliphatic rings. The Morgan fingerprint density at radius 3 is 2.88 bits per heavy atom. The highest BCUT2D eigenvalue weighted by Gasteiger charge is 1.93. The van der Waals surface area contributed by atoms with Crippen LogP contribution in [0.4, 0.5) is 0 Å². The van der Waals surface area contributed by atoms with E-state index in [1.807, 2.05) is 6.26 Å². The van der Waals surface area contributed by atoms with Gasteiger partial charge in [-0.2, -0.15) is 0 Å². The molecule has 0 saturated carbocycles. The maximum absolute atomic E-state index is 8.74. The first kappa shape index (κ1) is 5.50. The van der Waals surface area contributed by atoms with E-state index in [0.29, 0.717) is 0 Å². The highest BCUT2D eigenvalue weighted by atomic mass is 32.2. The summed E-state index contributed by atoms with van der Waals surface area (Å²) in [6.45, 7) is 0. The van der Waals surface area contributed by atoms with Crippen molar-refractivity contribution in [3.63, 3.8) is 0 Å². The third-order valence-electron chi connectivity index (χ3n) is 0.799. The molecule has 0 unspecified atom stereocenters. The second kappa shape index (κ2) is 2.09. The predicted octanol–water partition coefficient (Wildman–Crippen LogP) is 0.842. The van der Waals surface area contributed by atoms with Crippen molar-refractivity contribution >= 4 is 11.8 Å². The second-order valence-corrected chi connectivity index (χ2v) is 2.09. The standard InChI is InChI=1S/C4H6N2OS/c1-8-4-2-3-5-6(4)7/h2-3,7H,1H3. The van der Waals surface area contributed by atoms with Crippen molar-refractivity contribution in [2.24, 2.45) is 0 Å². The molecule has 0 atom stereocenters. The summed E-state index contributed by atoms with van der Waals surface area (Å²) in [6.07, 6.45) is 3.43. The summed E-state index contributed by atoms with van der Waals surface area (Å²) in [7, 11) is 0. The van der Waals surface area contributed by atoms with Crippen molar-refractivity contribution < 1.29 is 5.21 Å². The fourth-order valence-corrected chi connectivity index (χ4v) is 0.841. The Balaban J connectivity index is 2.92. The van der Waals surface area contributed by atoms with Crippen molar-refractivity contribution in [3.8, 4) is 0 Å². The maximum atomic E-state index is 8.74. The SMILES string of the molecule is CSc1ccnn1O. The smallest absolute Gasteiger partial charge is 0.135 e. The highest BCUT2D eigenvalue weighted by molar-refractivity contribution is 7.98. The molecule has 1 N–H and O–H groups in total. The lowest BCUT2D eigenvalue weighted by Gasteiger charge is -1.90. The molecule has 0 fully saturated rings. The molecule has 0 aliphatic carbocycles. The van der Waals surface area contributed by atoms with E-state index in [0.717, 1.165) is 9.87 Å². The summed E-state index contributed by atoms with van der Waals surface area (Å²) in [6, 6.07) is 1.74. The molecular formula is C4H6N2OS. The van der Waals surface area contributed by atoms with Gasteiger partial charge in [0.15, 0.2) is 0 Å². The molecule has 0 bridgehead atoms. The molecule has 0 amide bonds. The van der Waals surface area contributed by atoms with E-state index in [4.69, 9.17) is 5.21 Å². The minimum absolute atomic E-state index is 0.755. The van der Waals surface area contributed by atoms with Crippen LogP contribution in [0.3, 0.4) is 0 Å². The van der Waals surface area contributed by atoms with E-state index in [1.165, 1.54) is 11.8 Å². The van der Waals surface area contributed by atoms with Gasteiger partial charge in [0.2, 0.25) is 0 Å². The van der Waals surface area contributed by atoms with Crippen LogP contribution >= 0.6 is 11.8 Å². The van der Waals surface area contributed by atoms with E-state index in [-0.39, 0.29) is 0 Å². The van der Waals surface area contributed by atoms with E-state index in [9.17, 15) is 0 Å². The first-order valence-corrected chi connectivity index (χ1v) is 3.34. The molecule has 8 heavy (non-hydrogen) atoms. The third kappa shape index (κ3) is 0.790. The van der Waals surface area contributed by atoms with Crippen molar-refractivity contribution in [3.05, 3.63) is 12.3 Å². The van der Waals surface area contributed by atoms with Gasteiger partial charge in [0.25, 0.3) is 0 Å².